The van der Waals surface area contributed by atoms with Crippen LogP contribution in [0.1, 0.15) is 37.5 Å². The Labute approximate surface area is 130 Å². The van der Waals surface area contributed by atoms with Gasteiger partial charge in [-0.2, -0.15) is 0 Å². The van der Waals surface area contributed by atoms with E-state index >= 15 is 0 Å². The largest absolute Gasteiger partial charge is 0.461 e. The second kappa shape index (κ2) is 5.82. The number of hydrogen-bond donors (Lipinski definition) is 0. The Morgan fingerprint density at radius 3 is 2.32 bits per heavy atom. The first-order valence-corrected chi connectivity index (χ1v) is 7.45. The van der Waals surface area contributed by atoms with Crippen LogP contribution in [0.15, 0.2) is 18.2 Å². The molecule has 4 heteroatoms. The highest BCUT2D eigenvalue weighted by molar-refractivity contribution is 5.78. The van der Waals surface area contributed by atoms with Gasteiger partial charge in [0.25, 0.3) is 0 Å². The van der Waals surface area contributed by atoms with Crippen molar-refractivity contribution in [3.05, 3.63) is 46.5 Å². The Bertz CT molecular complexity index is 606. The molecule has 0 unspecified atom stereocenters. The van der Waals surface area contributed by atoms with E-state index in [1.54, 1.807) is 13.8 Å². The lowest BCUT2D eigenvalue weighted by Gasteiger charge is -2.12. The van der Waals surface area contributed by atoms with Crippen LogP contribution in [0.4, 0.5) is 8.78 Å². The fourth-order valence-electron chi connectivity index (χ4n) is 3.04. The molecule has 0 bridgehead atoms. The molecule has 1 fully saturated rings. The molecule has 1 aromatic carbocycles. The summed E-state index contributed by atoms with van der Waals surface area (Å²) in [5, 5.41) is 0. The minimum absolute atomic E-state index is 0.0969. The maximum Gasteiger partial charge on any atom is 0.310 e. The molecule has 1 aromatic rings. The van der Waals surface area contributed by atoms with Crippen molar-refractivity contribution in [3.8, 4) is 0 Å². The van der Waals surface area contributed by atoms with Crippen molar-refractivity contribution >= 4 is 5.97 Å². The van der Waals surface area contributed by atoms with E-state index in [2.05, 4.69) is 0 Å². The number of allylic oxidation sites excluding steroid dienone is 2. The topological polar surface area (TPSA) is 26.3 Å². The lowest BCUT2D eigenvalue weighted by molar-refractivity contribution is -0.147. The molecule has 2 atom stereocenters. The number of benzene rings is 1. The molecule has 0 heterocycles. The van der Waals surface area contributed by atoms with Crippen molar-refractivity contribution in [2.75, 3.05) is 0 Å². The monoisotopic (exact) mass is 308 g/mol. The van der Waals surface area contributed by atoms with E-state index < -0.39 is 11.6 Å². The maximum absolute atomic E-state index is 13.6. The molecule has 2 nitrogen and oxygen atoms in total. The van der Waals surface area contributed by atoms with Crippen LogP contribution in [-0.4, -0.2) is 5.97 Å². The molecule has 1 aliphatic rings. The van der Waals surface area contributed by atoms with Gasteiger partial charge in [-0.1, -0.05) is 26.0 Å². The van der Waals surface area contributed by atoms with Crippen molar-refractivity contribution in [1.29, 1.82) is 0 Å². The Morgan fingerprint density at radius 2 is 1.82 bits per heavy atom. The van der Waals surface area contributed by atoms with Crippen LogP contribution >= 0.6 is 0 Å². The third kappa shape index (κ3) is 2.79. The van der Waals surface area contributed by atoms with Gasteiger partial charge in [0.05, 0.1) is 5.92 Å². The number of halogens is 2. The number of esters is 1. The van der Waals surface area contributed by atoms with Crippen molar-refractivity contribution in [1.82, 2.24) is 0 Å². The van der Waals surface area contributed by atoms with Crippen molar-refractivity contribution in [2.24, 2.45) is 17.3 Å². The van der Waals surface area contributed by atoms with Crippen LogP contribution in [-0.2, 0) is 16.1 Å². The Morgan fingerprint density at radius 1 is 1.27 bits per heavy atom. The molecule has 1 saturated carbocycles. The van der Waals surface area contributed by atoms with E-state index in [0.29, 0.717) is 16.7 Å². The zero-order valence-corrected chi connectivity index (χ0v) is 13.7. The van der Waals surface area contributed by atoms with E-state index in [1.165, 1.54) is 0 Å². The highest BCUT2D eigenvalue weighted by Gasteiger charge is 2.61. The number of carbonyl (C=O) groups is 1. The highest BCUT2D eigenvalue weighted by Crippen LogP contribution is 2.59. The summed E-state index contributed by atoms with van der Waals surface area (Å²) in [7, 11) is 0. The molecular weight excluding hydrogens is 286 g/mol. The normalized spacial score (nSPS) is 22.9. The summed E-state index contributed by atoms with van der Waals surface area (Å²) in [6.07, 6.45) is 3.93. The van der Waals surface area contributed by atoms with Gasteiger partial charge in [-0.05, 0) is 43.2 Å². The third-order valence-electron chi connectivity index (χ3n) is 4.80. The van der Waals surface area contributed by atoms with Crippen molar-refractivity contribution in [3.63, 3.8) is 0 Å². The van der Waals surface area contributed by atoms with Crippen LogP contribution in [0.25, 0.3) is 0 Å². The standard InChI is InChI=1S/C18H22F2O2/c1-6-7-13-16(18(13,4)5)17(21)22-9-12-10(2)14(19)8-15(20)11(12)3/h6-8,13,16H,9H2,1-5H3/t13-,16+/m1/s1. The van der Waals surface area contributed by atoms with Gasteiger partial charge in [-0.15, -0.1) is 0 Å². The van der Waals surface area contributed by atoms with Gasteiger partial charge < -0.3 is 4.74 Å². The van der Waals surface area contributed by atoms with E-state index in [4.69, 9.17) is 4.74 Å². The molecule has 2 rings (SSSR count). The summed E-state index contributed by atoms with van der Waals surface area (Å²) in [5.74, 6) is -1.57. The Kier molecular flexibility index (Phi) is 4.41. The first-order valence-electron chi connectivity index (χ1n) is 7.45. The zero-order chi connectivity index (χ0) is 16.7. The summed E-state index contributed by atoms with van der Waals surface area (Å²) in [5.41, 5.74) is 0.936. The fraction of sp³-hybridized carbons (Fsp3) is 0.500. The smallest absolute Gasteiger partial charge is 0.310 e. The number of hydrogen-bond acceptors (Lipinski definition) is 2. The number of carbonyl (C=O) groups excluding carboxylic acids is 1. The van der Waals surface area contributed by atoms with Crippen LogP contribution in [0.3, 0.4) is 0 Å². The predicted molar refractivity (Wildman–Crippen MR) is 81.2 cm³/mol. The van der Waals surface area contributed by atoms with Gasteiger partial charge in [0, 0.05) is 11.6 Å². The molecule has 0 aromatic heterocycles. The van der Waals surface area contributed by atoms with E-state index in [1.807, 2.05) is 32.9 Å². The first kappa shape index (κ1) is 16.7. The summed E-state index contributed by atoms with van der Waals surface area (Å²) in [6.45, 7) is 8.98. The van der Waals surface area contributed by atoms with Gasteiger partial charge in [0.1, 0.15) is 18.2 Å². The minimum Gasteiger partial charge on any atom is -0.461 e. The van der Waals surface area contributed by atoms with Crippen LogP contribution in [0.2, 0.25) is 0 Å². The van der Waals surface area contributed by atoms with Gasteiger partial charge in [0.2, 0.25) is 0 Å². The molecule has 0 saturated heterocycles. The summed E-state index contributed by atoms with van der Waals surface area (Å²) in [6, 6.07) is 0.863. The number of ether oxygens (including phenoxy) is 1. The summed E-state index contributed by atoms with van der Waals surface area (Å²) < 4.78 is 32.6. The average Bonchev–Trinajstić information content (AvgIpc) is 2.98. The van der Waals surface area contributed by atoms with E-state index in [0.717, 1.165) is 6.07 Å². The van der Waals surface area contributed by atoms with Gasteiger partial charge in [-0.3, -0.25) is 4.79 Å². The lowest BCUT2D eigenvalue weighted by atomic mass is 10.0. The van der Waals surface area contributed by atoms with Crippen LogP contribution < -0.4 is 0 Å². The van der Waals surface area contributed by atoms with E-state index in [-0.39, 0.29) is 29.8 Å². The van der Waals surface area contributed by atoms with Crippen LogP contribution in [0.5, 0.6) is 0 Å². The summed E-state index contributed by atoms with van der Waals surface area (Å²) in [4.78, 5) is 12.2. The van der Waals surface area contributed by atoms with Gasteiger partial charge >= 0.3 is 5.97 Å². The Hall–Kier alpha value is -1.71. The lowest BCUT2D eigenvalue weighted by Crippen LogP contribution is -2.12. The van der Waals surface area contributed by atoms with Crippen LogP contribution in [0, 0.1) is 42.7 Å². The fourth-order valence-corrected chi connectivity index (χ4v) is 3.04. The first-order chi connectivity index (χ1) is 10.2. The molecule has 0 aliphatic heterocycles. The van der Waals surface area contributed by atoms with E-state index in [9.17, 15) is 13.6 Å². The molecule has 0 spiro atoms. The third-order valence-corrected chi connectivity index (χ3v) is 4.80. The molecule has 0 amide bonds. The Balaban J connectivity index is 2.10. The molecule has 120 valence electrons. The molecule has 0 N–H and O–H groups in total. The van der Waals surface area contributed by atoms with Gasteiger partial charge in [0.15, 0.2) is 0 Å². The molecular formula is C18H22F2O2. The predicted octanol–water partition coefficient (Wildman–Crippen LogP) is 4.47. The maximum atomic E-state index is 13.6. The molecule has 1 aliphatic carbocycles. The minimum atomic E-state index is -0.618. The second-order valence-electron chi connectivity index (χ2n) is 6.53. The SMILES string of the molecule is CC=C[C@@H]1[C@@H](C(=O)OCc2c(C)c(F)cc(F)c2C)C1(C)C. The number of rotatable bonds is 4. The van der Waals surface area contributed by atoms with Crippen molar-refractivity contribution in [2.45, 2.75) is 41.2 Å². The zero-order valence-electron chi connectivity index (χ0n) is 13.7. The molecule has 0 radical (unpaired) electrons. The van der Waals surface area contributed by atoms with Gasteiger partial charge in [-0.25, -0.2) is 8.78 Å². The average molecular weight is 308 g/mol. The highest BCUT2D eigenvalue weighted by atomic mass is 19.1. The second-order valence-corrected chi connectivity index (χ2v) is 6.53. The summed E-state index contributed by atoms with van der Waals surface area (Å²) >= 11 is 0. The van der Waals surface area contributed by atoms with Crippen molar-refractivity contribution < 1.29 is 18.3 Å². The molecule has 22 heavy (non-hydrogen) atoms. The quantitative estimate of drug-likeness (QED) is 0.606.